The summed E-state index contributed by atoms with van der Waals surface area (Å²) in [5.74, 6) is -0.399. The first kappa shape index (κ1) is 21.7. The van der Waals surface area contributed by atoms with Crippen molar-refractivity contribution < 1.29 is 18.0 Å². The Morgan fingerprint density at radius 1 is 1.10 bits per heavy atom. The van der Waals surface area contributed by atoms with Crippen molar-refractivity contribution in [3.05, 3.63) is 58.4 Å². The van der Waals surface area contributed by atoms with Crippen LogP contribution in [0.5, 0.6) is 0 Å². The maximum absolute atomic E-state index is 12.8. The van der Waals surface area contributed by atoms with Crippen molar-refractivity contribution in [3.63, 3.8) is 0 Å². The van der Waals surface area contributed by atoms with Crippen molar-refractivity contribution in [2.45, 2.75) is 4.21 Å². The Hall–Kier alpha value is -2.01. The highest BCUT2D eigenvalue weighted by Crippen LogP contribution is 2.29. The number of nitrogens with zero attached hydrogens (tertiary/aromatic N) is 3. The highest BCUT2D eigenvalue weighted by molar-refractivity contribution is 9.11. The molecule has 7 nitrogen and oxygen atoms in total. The van der Waals surface area contributed by atoms with Crippen molar-refractivity contribution in [1.82, 2.24) is 9.21 Å². The largest absolute Gasteiger partial charge is 0.336 e. The van der Waals surface area contributed by atoms with E-state index >= 15 is 0 Å². The molecule has 0 unspecified atom stereocenters. The van der Waals surface area contributed by atoms with Crippen LogP contribution in [0.2, 0.25) is 0 Å². The lowest BCUT2D eigenvalue weighted by Gasteiger charge is -2.33. The van der Waals surface area contributed by atoms with Gasteiger partial charge in [-0.3, -0.25) is 9.59 Å². The molecule has 1 fully saturated rings. The van der Waals surface area contributed by atoms with E-state index in [-0.39, 0.29) is 29.1 Å². The van der Waals surface area contributed by atoms with Gasteiger partial charge in [0.2, 0.25) is 5.91 Å². The Labute approximate surface area is 182 Å². The van der Waals surface area contributed by atoms with Crippen LogP contribution in [-0.2, 0) is 14.8 Å². The van der Waals surface area contributed by atoms with Crippen LogP contribution in [0, 0.1) is 0 Å². The fraction of sp³-hybridized carbons (Fsp3) is 0.263. The van der Waals surface area contributed by atoms with E-state index in [1.54, 1.807) is 48.3 Å². The molecular formula is C19H20BrN3O4S2. The number of rotatable bonds is 5. The topological polar surface area (TPSA) is 78.0 Å². The molecule has 1 aromatic carbocycles. The van der Waals surface area contributed by atoms with Gasteiger partial charge in [-0.05, 0) is 58.4 Å². The number of amides is 2. The first-order valence-corrected chi connectivity index (χ1v) is 11.8. The van der Waals surface area contributed by atoms with Gasteiger partial charge in [0, 0.05) is 44.5 Å². The lowest BCUT2D eigenvalue weighted by molar-refractivity contribution is -0.113. The number of benzene rings is 1. The Balaban J connectivity index is 1.64. The molecule has 1 aliphatic heterocycles. The summed E-state index contributed by atoms with van der Waals surface area (Å²) < 4.78 is 27.9. The third-order valence-corrected chi connectivity index (χ3v) is 8.67. The quantitative estimate of drug-likeness (QED) is 0.595. The summed E-state index contributed by atoms with van der Waals surface area (Å²) in [6.07, 6.45) is 1.22. The summed E-state index contributed by atoms with van der Waals surface area (Å²) in [5, 5.41) is 0. The standard InChI is InChI=1S/C19H20BrN3O4S2/c1-3-17(24)21(2)15-6-4-14(5-7-15)19(25)22-10-12-23(13-11-22)29(26,27)18-9-8-16(20)28-18/h3-9H,1,10-13H2,2H3. The Morgan fingerprint density at radius 2 is 1.72 bits per heavy atom. The second-order valence-corrected chi connectivity index (χ2v) is 11.0. The molecule has 0 radical (unpaired) electrons. The second kappa shape index (κ2) is 8.78. The van der Waals surface area contributed by atoms with Crippen molar-refractivity contribution in [1.29, 1.82) is 0 Å². The van der Waals surface area contributed by atoms with Crippen LogP contribution in [0.4, 0.5) is 5.69 Å². The van der Waals surface area contributed by atoms with Gasteiger partial charge >= 0.3 is 0 Å². The van der Waals surface area contributed by atoms with Gasteiger partial charge in [-0.1, -0.05) is 6.58 Å². The predicted octanol–water partition coefficient (Wildman–Crippen LogP) is 2.81. The van der Waals surface area contributed by atoms with Gasteiger partial charge in [0.05, 0.1) is 3.79 Å². The fourth-order valence-electron chi connectivity index (χ4n) is 2.97. The maximum Gasteiger partial charge on any atom is 0.253 e. The van der Waals surface area contributed by atoms with Gasteiger partial charge in [-0.2, -0.15) is 4.31 Å². The molecule has 10 heteroatoms. The Morgan fingerprint density at radius 3 is 2.24 bits per heavy atom. The predicted molar refractivity (Wildman–Crippen MR) is 117 cm³/mol. The zero-order chi connectivity index (χ0) is 21.2. The smallest absolute Gasteiger partial charge is 0.253 e. The molecule has 0 aliphatic carbocycles. The first-order valence-electron chi connectivity index (χ1n) is 8.79. The van der Waals surface area contributed by atoms with Crippen molar-refractivity contribution in [2.24, 2.45) is 0 Å². The van der Waals surface area contributed by atoms with Crippen molar-refractivity contribution in [3.8, 4) is 0 Å². The Kier molecular flexibility index (Phi) is 6.57. The molecule has 2 heterocycles. The minimum atomic E-state index is -3.54. The number of sulfonamides is 1. The minimum Gasteiger partial charge on any atom is -0.336 e. The molecule has 0 bridgehead atoms. The van der Waals surface area contributed by atoms with Crippen LogP contribution >= 0.6 is 27.3 Å². The van der Waals surface area contributed by atoms with E-state index in [0.717, 1.165) is 3.79 Å². The maximum atomic E-state index is 12.8. The second-order valence-electron chi connectivity index (χ2n) is 6.40. The molecule has 1 saturated heterocycles. The number of anilines is 1. The van der Waals surface area contributed by atoms with Gasteiger partial charge in [0.25, 0.3) is 15.9 Å². The summed E-state index contributed by atoms with van der Waals surface area (Å²) in [5.41, 5.74) is 1.15. The number of carbonyl (C=O) groups excluding carboxylic acids is 2. The molecule has 0 saturated carbocycles. The van der Waals surface area contributed by atoms with E-state index in [0.29, 0.717) is 24.3 Å². The summed E-state index contributed by atoms with van der Waals surface area (Å²) in [7, 11) is -1.91. The first-order chi connectivity index (χ1) is 13.7. The van der Waals surface area contributed by atoms with E-state index in [1.807, 2.05) is 0 Å². The van der Waals surface area contributed by atoms with Crippen LogP contribution in [-0.4, -0.2) is 62.7 Å². The van der Waals surface area contributed by atoms with Crippen molar-refractivity contribution in [2.75, 3.05) is 38.1 Å². The van der Waals surface area contributed by atoms with Crippen LogP contribution in [0.3, 0.4) is 0 Å². The summed E-state index contributed by atoms with van der Waals surface area (Å²) >= 11 is 4.46. The summed E-state index contributed by atoms with van der Waals surface area (Å²) in [6, 6.07) is 10.0. The molecule has 2 amide bonds. The van der Waals surface area contributed by atoms with E-state index < -0.39 is 10.0 Å². The molecule has 0 spiro atoms. The third kappa shape index (κ3) is 4.61. The molecule has 3 rings (SSSR count). The van der Waals surface area contributed by atoms with Crippen LogP contribution < -0.4 is 4.90 Å². The monoisotopic (exact) mass is 497 g/mol. The lowest BCUT2D eigenvalue weighted by Crippen LogP contribution is -2.50. The number of carbonyl (C=O) groups is 2. The number of halogens is 1. The Bertz CT molecular complexity index is 1030. The van der Waals surface area contributed by atoms with Crippen molar-refractivity contribution >= 4 is 54.8 Å². The number of piperazine rings is 1. The fourth-order valence-corrected chi connectivity index (χ4v) is 6.56. The number of hydrogen-bond donors (Lipinski definition) is 0. The molecular weight excluding hydrogens is 478 g/mol. The van der Waals surface area contributed by atoms with Gasteiger partial charge in [0.1, 0.15) is 4.21 Å². The number of likely N-dealkylation sites (N-methyl/N-ethyl adjacent to an activating group) is 1. The summed E-state index contributed by atoms with van der Waals surface area (Å²) in [4.78, 5) is 27.5. The molecule has 29 heavy (non-hydrogen) atoms. The van der Waals surface area contributed by atoms with Crippen LogP contribution in [0.25, 0.3) is 0 Å². The van der Waals surface area contributed by atoms with Crippen LogP contribution in [0.1, 0.15) is 10.4 Å². The SMILES string of the molecule is C=CC(=O)N(C)c1ccc(C(=O)N2CCN(S(=O)(=O)c3ccc(Br)s3)CC2)cc1. The van der Waals surface area contributed by atoms with E-state index in [2.05, 4.69) is 22.5 Å². The van der Waals surface area contributed by atoms with Gasteiger partial charge in [0.15, 0.2) is 0 Å². The lowest BCUT2D eigenvalue weighted by atomic mass is 10.1. The third-order valence-electron chi connectivity index (χ3n) is 4.68. The molecule has 1 aliphatic rings. The van der Waals surface area contributed by atoms with Gasteiger partial charge in [-0.15, -0.1) is 11.3 Å². The number of hydrogen-bond acceptors (Lipinski definition) is 5. The molecule has 2 aromatic rings. The average Bonchev–Trinajstić information content (AvgIpc) is 3.19. The average molecular weight is 498 g/mol. The molecule has 1 aromatic heterocycles. The highest BCUT2D eigenvalue weighted by atomic mass is 79.9. The minimum absolute atomic E-state index is 0.162. The van der Waals surface area contributed by atoms with Gasteiger partial charge in [-0.25, -0.2) is 8.42 Å². The molecule has 0 N–H and O–H groups in total. The normalized spacial score (nSPS) is 15.2. The van der Waals surface area contributed by atoms with E-state index in [1.165, 1.54) is 26.6 Å². The molecule has 0 atom stereocenters. The van der Waals surface area contributed by atoms with E-state index in [4.69, 9.17) is 0 Å². The van der Waals surface area contributed by atoms with Crippen LogP contribution in [0.15, 0.2) is 57.0 Å². The molecule has 154 valence electrons. The highest BCUT2D eigenvalue weighted by Gasteiger charge is 2.31. The van der Waals surface area contributed by atoms with E-state index in [9.17, 15) is 18.0 Å². The zero-order valence-corrected chi connectivity index (χ0v) is 19.0. The zero-order valence-electron chi connectivity index (χ0n) is 15.7. The summed E-state index contributed by atoms with van der Waals surface area (Å²) in [6.45, 7) is 4.60. The number of thiophene rings is 1. The van der Waals surface area contributed by atoms with Gasteiger partial charge < -0.3 is 9.80 Å².